The molecule has 1 aromatic heterocycles. The molecule has 0 bridgehead atoms. The number of fused-ring (bicyclic) bond motifs is 1. The van der Waals surface area contributed by atoms with Crippen molar-refractivity contribution >= 4 is 22.8 Å². The number of hydrogen-bond acceptors (Lipinski definition) is 1. The smallest absolute Gasteiger partial charge is 0.152 e. The molecular weight excluding hydrogens is 186 g/mol. The van der Waals surface area contributed by atoms with E-state index in [1.807, 2.05) is 25.4 Å². The van der Waals surface area contributed by atoms with Crippen LogP contribution in [0.5, 0.6) is 0 Å². The molecule has 0 aliphatic carbocycles. The Kier molecular flexibility index (Phi) is 2.42. The van der Waals surface area contributed by atoms with Crippen LogP contribution in [0.2, 0.25) is 0 Å². The van der Waals surface area contributed by atoms with E-state index in [2.05, 4.69) is 22.8 Å². The first kappa shape index (κ1) is 9.71. The molecule has 0 aliphatic heterocycles. The van der Waals surface area contributed by atoms with Crippen molar-refractivity contribution < 1.29 is 4.79 Å². The molecule has 0 radical (unpaired) electrons. The molecule has 0 fully saturated rings. The Morgan fingerprint density at radius 2 is 2.13 bits per heavy atom. The summed E-state index contributed by atoms with van der Waals surface area (Å²) in [7, 11) is 2.01. The highest BCUT2D eigenvalue weighted by molar-refractivity contribution is 5.92. The van der Waals surface area contributed by atoms with Gasteiger partial charge in [-0.2, -0.15) is 0 Å². The monoisotopic (exact) mass is 199 g/mol. The van der Waals surface area contributed by atoms with Gasteiger partial charge >= 0.3 is 0 Å². The van der Waals surface area contributed by atoms with E-state index in [-0.39, 0.29) is 5.78 Å². The number of nitrogens with zero attached hydrogens (tertiary/aromatic N) is 1. The molecule has 0 saturated heterocycles. The number of aryl methyl sites for hydroxylation is 1. The molecule has 0 spiro atoms. The zero-order chi connectivity index (χ0) is 10.8. The number of benzene rings is 1. The predicted octanol–water partition coefficient (Wildman–Crippen LogP) is 2.78. The van der Waals surface area contributed by atoms with E-state index in [0.29, 0.717) is 0 Å². The summed E-state index contributed by atoms with van der Waals surface area (Å²) in [4.78, 5) is 10.8. The second-order valence-corrected chi connectivity index (χ2v) is 3.69. The molecule has 1 aromatic carbocycles. The molecule has 0 aliphatic rings. The van der Waals surface area contributed by atoms with Crippen molar-refractivity contribution in [1.29, 1.82) is 0 Å². The molecule has 2 heteroatoms. The molecule has 15 heavy (non-hydrogen) atoms. The quantitative estimate of drug-likeness (QED) is 0.682. The fourth-order valence-corrected chi connectivity index (χ4v) is 1.60. The summed E-state index contributed by atoms with van der Waals surface area (Å²) in [5.74, 6) is 0.0713. The fraction of sp³-hybridized carbons (Fsp3) is 0.154. The summed E-state index contributed by atoms with van der Waals surface area (Å²) >= 11 is 0. The third kappa shape index (κ3) is 1.99. The number of allylic oxidation sites excluding steroid dienone is 1. The number of ketones is 1. The average molecular weight is 199 g/mol. The summed E-state index contributed by atoms with van der Waals surface area (Å²) in [6.45, 7) is 1.55. The maximum absolute atomic E-state index is 10.8. The van der Waals surface area contributed by atoms with Crippen molar-refractivity contribution in [1.82, 2.24) is 4.57 Å². The van der Waals surface area contributed by atoms with Gasteiger partial charge in [0.1, 0.15) is 0 Å². The molecule has 2 rings (SSSR count). The Hall–Kier alpha value is -1.83. The second-order valence-electron chi connectivity index (χ2n) is 3.69. The van der Waals surface area contributed by atoms with Gasteiger partial charge in [0, 0.05) is 18.8 Å². The van der Waals surface area contributed by atoms with E-state index in [1.165, 1.54) is 10.9 Å². The van der Waals surface area contributed by atoms with Gasteiger partial charge in [0.2, 0.25) is 0 Å². The van der Waals surface area contributed by atoms with Crippen LogP contribution in [0.25, 0.3) is 17.0 Å². The highest BCUT2D eigenvalue weighted by Gasteiger charge is 1.97. The summed E-state index contributed by atoms with van der Waals surface area (Å²) in [5.41, 5.74) is 2.24. The predicted molar refractivity (Wildman–Crippen MR) is 62.6 cm³/mol. The Bertz CT molecular complexity index is 534. The van der Waals surface area contributed by atoms with E-state index in [9.17, 15) is 4.79 Å². The van der Waals surface area contributed by atoms with Crippen molar-refractivity contribution in [2.75, 3.05) is 0 Å². The van der Waals surface area contributed by atoms with Crippen LogP contribution in [0.4, 0.5) is 0 Å². The van der Waals surface area contributed by atoms with Gasteiger partial charge in [0.25, 0.3) is 0 Å². The lowest BCUT2D eigenvalue weighted by Gasteiger charge is -1.98. The number of carbonyl (C=O) groups is 1. The van der Waals surface area contributed by atoms with Crippen LogP contribution in [-0.2, 0) is 11.8 Å². The minimum absolute atomic E-state index is 0.0713. The third-order valence-electron chi connectivity index (χ3n) is 2.42. The average Bonchev–Trinajstić information content (AvgIpc) is 2.57. The lowest BCUT2D eigenvalue weighted by Crippen LogP contribution is -1.85. The van der Waals surface area contributed by atoms with Crippen molar-refractivity contribution in [2.45, 2.75) is 6.92 Å². The second kappa shape index (κ2) is 3.73. The van der Waals surface area contributed by atoms with Gasteiger partial charge in [0.05, 0.1) is 0 Å². The van der Waals surface area contributed by atoms with E-state index < -0.39 is 0 Å². The molecule has 0 atom stereocenters. The molecular formula is C13H13NO. The van der Waals surface area contributed by atoms with Crippen LogP contribution in [0.15, 0.2) is 36.5 Å². The molecule has 2 nitrogen and oxygen atoms in total. The van der Waals surface area contributed by atoms with E-state index in [0.717, 1.165) is 5.56 Å². The van der Waals surface area contributed by atoms with Crippen molar-refractivity contribution in [3.05, 3.63) is 42.1 Å². The number of rotatable bonds is 2. The largest absolute Gasteiger partial charge is 0.351 e. The molecule has 1 heterocycles. The zero-order valence-corrected chi connectivity index (χ0v) is 8.90. The molecule has 2 aromatic rings. The van der Waals surface area contributed by atoms with Gasteiger partial charge in [-0.05, 0) is 36.1 Å². The molecule has 76 valence electrons. The van der Waals surface area contributed by atoms with Crippen molar-refractivity contribution in [2.24, 2.45) is 7.05 Å². The first-order chi connectivity index (χ1) is 7.16. The summed E-state index contributed by atoms with van der Waals surface area (Å²) in [6, 6.07) is 8.24. The lowest BCUT2D eigenvalue weighted by molar-refractivity contribution is -0.112. The number of aromatic nitrogens is 1. The SMILES string of the molecule is CC(=O)/C=C/c1ccc2ccn(C)c2c1. The summed E-state index contributed by atoms with van der Waals surface area (Å²) in [6.07, 6.45) is 5.46. The van der Waals surface area contributed by atoms with E-state index >= 15 is 0 Å². The minimum atomic E-state index is 0.0713. The van der Waals surface area contributed by atoms with Crippen LogP contribution in [-0.4, -0.2) is 10.4 Å². The van der Waals surface area contributed by atoms with Crippen LogP contribution in [0.1, 0.15) is 12.5 Å². The standard InChI is InChI=1S/C13H13NO/c1-10(15)3-4-11-5-6-12-7-8-14(2)13(12)9-11/h3-9H,1-2H3/b4-3+. The van der Waals surface area contributed by atoms with Gasteiger partial charge in [0.15, 0.2) is 5.78 Å². The molecule has 0 unspecified atom stereocenters. The van der Waals surface area contributed by atoms with E-state index in [1.54, 1.807) is 13.0 Å². The Balaban J connectivity index is 2.46. The molecule has 0 saturated carbocycles. The first-order valence-electron chi connectivity index (χ1n) is 4.90. The highest BCUT2D eigenvalue weighted by atomic mass is 16.1. The zero-order valence-electron chi connectivity index (χ0n) is 8.90. The highest BCUT2D eigenvalue weighted by Crippen LogP contribution is 2.17. The Morgan fingerprint density at radius 3 is 2.87 bits per heavy atom. The first-order valence-corrected chi connectivity index (χ1v) is 4.90. The van der Waals surface area contributed by atoms with Gasteiger partial charge in [-0.15, -0.1) is 0 Å². The number of hydrogen-bond donors (Lipinski definition) is 0. The number of carbonyl (C=O) groups excluding carboxylic acids is 1. The van der Waals surface area contributed by atoms with Crippen LogP contribution in [0, 0.1) is 0 Å². The maximum atomic E-state index is 10.8. The fourth-order valence-electron chi connectivity index (χ4n) is 1.60. The van der Waals surface area contributed by atoms with Gasteiger partial charge in [-0.3, -0.25) is 4.79 Å². The maximum Gasteiger partial charge on any atom is 0.152 e. The summed E-state index contributed by atoms with van der Waals surface area (Å²) < 4.78 is 2.07. The Labute approximate surface area is 88.8 Å². The van der Waals surface area contributed by atoms with Crippen LogP contribution < -0.4 is 0 Å². The molecule has 0 amide bonds. The van der Waals surface area contributed by atoms with Crippen molar-refractivity contribution in [3.63, 3.8) is 0 Å². The van der Waals surface area contributed by atoms with Gasteiger partial charge < -0.3 is 4.57 Å². The van der Waals surface area contributed by atoms with E-state index in [4.69, 9.17) is 0 Å². The Morgan fingerprint density at radius 1 is 1.33 bits per heavy atom. The minimum Gasteiger partial charge on any atom is -0.351 e. The van der Waals surface area contributed by atoms with Crippen LogP contribution in [0.3, 0.4) is 0 Å². The van der Waals surface area contributed by atoms with Crippen LogP contribution >= 0.6 is 0 Å². The van der Waals surface area contributed by atoms with Crippen molar-refractivity contribution in [3.8, 4) is 0 Å². The normalized spacial score (nSPS) is 11.3. The topological polar surface area (TPSA) is 22.0 Å². The molecule has 0 N–H and O–H groups in total. The summed E-state index contributed by atoms with van der Waals surface area (Å²) in [5, 5.41) is 1.22. The van der Waals surface area contributed by atoms with Gasteiger partial charge in [-0.1, -0.05) is 18.2 Å². The third-order valence-corrected chi connectivity index (χ3v) is 2.42. The lowest BCUT2D eigenvalue weighted by atomic mass is 10.1. The van der Waals surface area contributed by atoms with Gasteiger partial charge in [-0.25, -0.2) is 0 Å².